The minimum atomic E-state index is -2.17. The van der Waals surface area contributed by atoms with E-state index in [0.717, 1.165) is 0 Å². The first kappa shape index (κ1) is 10.4. The second kappa shape index (κ2) is 3.60. The second-order valence-corrected chi connectivity index (χ2v) is 2.16. The van der Waals surface area contributed by atoms with Gasteiger partial charge in [0.2, 0.25) is 11.4 Å². The highest BCUT2D eigenvalue weighted by Crippen LogP contribution is 2.08. The third-order valence-corrected chi connectivity index (χ3v) is 1.32. The maximum absolute atomic E-state index is 10.4. The van der Waals surface area contributed by atoms with Gasteiger partial charge in [-0.25, -0.2) is 10.1 Å². The topological polar surface area (TPSA) is 157 Å². The van der Waals surface area contributed by atoms with Crippen LogP contribution in [0.2, 0.25) is 0 Å². The van der Waals surface area contributed by atoms with Gasteiger partial charge in [0.1, 0.15) is 5.01 Å². The molecule has 0 aromatic heterocycles. The third-order valence-electron chi connectivity index (χ3n) is 1.32. The molecular formula is C3H2N6O6. The molecule has 80 valence electrons. The SMILES string of the molecule is O=[N+]([O-])C1=NC=NC([N+](=O)[O-])N1[N+](=O)[O-]. The first-order chi connectivity index (χ1) is 6.95. The largest absolute Gasteiger partial charge is 0.503 e. The summed E-state index contributed by atoms with van der Waals surface area (Å²) in [6.07, 6.45) is -1.64. The van der Waals surface area contributed by atoms with Gasteiger partial charge in [0.05, 0.1) is 4.92 Å². The molecule has 1 aliphatic rings. The zero-order valence-corrected chi connectivity index (χ0v) is 6.79. The van der Waals surface area contributed by atoms with Crippen molar-refractivity contribution in [3.63, 3.8) is 0 Å². The average Bonchev–Trinajstić information content (AvgIpc) is 2.16. The number of guanidine groups is 1. The molecule has 15 heavy (non-hydrogen) atoms. The Morgan fingerprint density at radius 3 is 2.27 bits per heavy atom. The van der Waals surface area contributed by atoms with Gasteiger partial charge in [0, 0.05) is 0 Å². The summed E-state index contributed by atoms with van der Waals surface area (Å²) in [5, 5.41) is 29.3. The molecule has 0 aliphatic carbocycles. The summed E-state index contributed by atoms with van der Waals surface area (Å²) in [4.78, 5) is 34.6. The van der Waals surface area contributed by atoms with Gasteiger partial charge >= 0.3 is 12.2 Å². The quantitative estimate of drug-likeness (QED) is 0.412. The molecule has 0 radical (unpaired) electrons. The van der Waals surface area contributed by atoms with Crippen molar-refractivity contribution in [1.29, 1.82) is 0 Å². The summed E-state index contributed by atoms with van der Waals surface area (Å²) < 4.78 is 0. The van der Waals surface area contributed by atoms with Gasteiger partial charge in [0.15, 0.2) is 0 Å². The zero-order chi connectivity index (χ0) is 11.6. The highest BCUT2D eigenvalue weighted by molar-refractivity contribution is 5.81. The molecule has 1 heterocycles. The summed E-state index contributed by atoms with van der Waals surface area (Å²) in [5.74, 6) is -1.25. The zero-order valence-electron chi connectivity index (χ0n) is 6.79. The van der Waals surface area contributed by atoms with Crippen LogP contribution in [0.4, 0.5) is 0 Å². The van der Waals surface area contributed by atoms with Gasteiger partial charge in [-0.15, -0.1) is 4.99 Å². The van der Waals surface area contributed by atoms with Crippen LogP contribution in [0.1, 0.15) is 0 Å². The van der Waals surface area contributed by atoms with E-state index in [-0.39, 0.29) is 5.01 Å². The maximum Gasteiger partial charge on any atom is 0.503 e. The van der Waals surface area contributed by atoms with E-state index >= 15 is 0 Å². The molecule has 1 rings (SSSR count). The molecule has 1 unspecified atom stereocenters. The monoisotopic (exact) mass is 218 g/mol. The number of hydrazine groups is 1. The third kappa shape index (κ3) is 1.82. The molecule has 0 amide bonds. The molecule has 0 fully saturated rings. The number of nitrogens with zero attached hydrogens (tertiary/aromatic N) is 6. The Kier molecular flexibility index (Phi) is 2.50. The highest BCUT2D eigenvalue weighted by Gasteiger charge is 2.51. The van der Waals surface area contributed by atoms with E-state index in [1.807, 2.05) is 0 Å². The summed E-state index contributed by atoms with van der Waals surface area (Å²) >= 11 is 0. The van der Waals surface area contributed by atoms with Crippen LogP contribution in [0.25, 0.3) is 0 Å². The maximum atomic E-state index is 10.4. The molecule has 0 spiro atoms. The molecule has 0 saturated carbocycles. The predicted molar refractivity (Wildman–Crippen MR) is 42.5 cm³/mol. The van der Waals surface area contributed by atoms with Crippen LogP contribution >= 0.6 is 0 Å². The number of nitro groups is 3. The van der Waals surface area contributed by atoms with Crippen LogP contribution in [-0.2, 0) is 0 Å². The van der Waals surface area contributed by atoms with E-state index in [2.05, 4.69) is 9.98 Å². The predicted octanol–water partition coefficient (Wildman–Crippen LogP) is -1.28. The smallest absolute Gasteiger partial charge is 0.390 e. The van der Waals surface area contributed by atoms with E-state index in [1.54, 1.807) is 0 Å². The number of hydrogen-bond acceptors (Lipinski definition) is 8. The number of aliphatic imine (C=N–C) groups is 2. The van der Waals surface area contributed by atoms with Gasteiger partial charge in [0.25, 0.3) is 0 Å². The molecule has 12 heteroatoms. The number of hydrogen-bond donors (Lipinski definition) is 0. The van der Waals surface area contributed by atoms with E-state index in [1.165, 1.54) is 0 Å². The summed E-state index contributed by atoms with van der Waals surface area (Å²) in [5.41, 5.74) is 0. The Bertz CT molecular complexity index is 386. The van der Waals surface area contributed by atoms with Crippen LogP contribution in [0.3, 0.4) is 0 Å². The molecule has 12 nitrogen and oxygen atoms in total. The molecule has 1 atom stereocenters. The minimum absolute atomic E-state index is 0.333. The molecule has 0 aromatic rings. The highest BCUT2D eigenvalue weighted by atomic mass is 16.7. The Balaban J connectivity index is 3.14. The van der Waals surface area contributed by atoms with Crippen LogP contribution in [-0.4, -0.2) is 38.5 Å². The van der Waals surface area contributed by atoms with Crippen molar-refractivity contribution in [2.45, 2.75) is 6.29 Å². The average molecular weight is 218 g/mol. The Morgan fingerprint density at radius 2 is 1.87 bits per heavy atom. The summed E-state index contributed by atoms with van der Waals surface area (Å²) in [6.45, 7) is 0. The Morgan fingerprint density at radius 1 is 1.27 bits per heavy atom. The lowest BCUT2D eigenvalue weighted by Crippen LogP contribution is -2.51. The van der Waals surface area contributed by atoms with Crippen molar-refractivity contribution in [1.82, 2.24) is 5.01 Å². The van der Waals surface area contributed by atoms with Gasteiger partial charge in [-0.3, -0.25) is 10.1 Å². The molecule has 0 saturated heterocycles. The Labute approximate surface area is 79.9 Å². The molecular weight excluding hydrogens is 216 g/mol. The first-order valence-corrected chi connectivity index (χ1v) is 3.26. The van der Waals surface area contributed by atoms with Crippen molar-refractivity contribution < 1.29 is 14.9 Å². The van der Waals surface area contributed by atoms with Crippen molar-refractivity contribution in [2.75, 3.05) is 0 Å². The molecule has 0 aromatic carbocycles. The van der Waals surface area contributed by atoms with E-state index < -0.39 is 27.1 Å². The molecule has 0 N–H and O–H groups in total. The fourth-order valence-corrected chi connectivity index (χ4v) is 0.802. The van der Waals surface area contributed by atoms with Gasteiger partial charge in [-0.1, -0.05) is 4.99 Å². The van der Waals surface area contributed by atoms with E-state index in [9.17, 15) is 30.3 Å². The molecule has 0 bridgehead atoms. The van der Waals surface area contributed by atoms with Gasteiger partial charge in [-0.05, 0) is 4.92 Å². The van der Waals surface area contributed by atoms with E-state index in [0.29, 0.717) is 6.34 Å². The van der Waals surface area contributed by atoms with Crippen molar-refractivity contribution >= 4 is 12.3 Å². The second-order valence-electron chi connectivity index (χ2n) is 2.16. The lowest BCUT2D eigenvalue weighted by Gasteiger charge is -2.10. The fraction of sp³-hybridized carbons (Fsp3) is 0.333. The summed E-state index contributed by atoms with van der Waals surface area (Å²) in [6, 6.07) is 0. The van der Waals surface area contributed by atoms with Gasteiger partial charge < -0.3 is 10.1 Å². The standard InChI is InChI=1S/C3H2N6O6/c10-7(11)2-4-1-5-3(8(12)13)6(2)9(14)15/h1-2H. The lowest BCUT2D eigenvalue weighted by atomic mass is 10.7. The van der Waals surface area contributed by atoms with Crippen LogP contribution in [0, 0.1) is 30.3 Å². The van der Waals surface area contributed by atoms with Crippen LogP contribution in [0.5, 0.6) is 0 Å². The summed E-state index contributed by atoms with van der Waals surface area (Å²) in [7, 11) is 0. The van der Waals surface area contributed by atoms with E-state index in [4.69, 9.17) is 0 Å². The van der Waals surface area contributed by atoms with Crippen molar-refractivity contribution in [3.05, 3.63) is 30.3 Å². The number of rotatable bonds is 2. The van der Waals surface area contributed by atoms with Crippen LogP contribution < -0.4 is 0 Å². The normalized spacial score (nSPS) is 19.6. The van der Waals surface area contributed by atoms with Gasteiger partial charge in [-0.2, -0.15) is 0 Å². The van der Waals surface area contributed by atoms with Crippen molar-refractivity contribution in [3.8, 4) is 0 Å². The van der Waals surface area contributed by atoms with Crippen LogP contribution in [0.15, 0.2) is 9.98 Å². The lowest BCUT2D eigenvalue weighted by molar-refractivity contribution is -0.719. The van der Waals surface area contributed by atoms with Crippen molar-refractivity contribution in [2.24, 2.45) is 9.98 Å². The fourth-order valence-electron chi connectivity index (χ4n) is 0.802. The minimum Gasteiger partial charge on any atom is -0.390 e. The molecule has 1 aliphatic heterocycles. The first-order valence-electron chi connectivity index (χ1n) is 3.26. The Hall–Kier alpha value is -2.66.